The number of nitrogens with one attached hydrogen (secondary N) is 1. The maximum atomic E-state index is 11.6. The third-order valence-corrected chi connectivity index (χ3v) is 2.69. The van der Waals surface area contributed by atoms with Crippen LogP contribution >= 0.6 is 0 Å². The van der Waals surface area contributed by atoms with Crippen molar-refractivity contribution in [2.24, 2.45) is 0 Å². The standard InChI is InChI=1S/C14H22N2O/c1-2-3-4-5-6-7-11-14(17)16-13-10-8-9-12-15-13/h8-10,12H,2-7,11H2,1H3,(H,15,16,17). The van der Waals surface area contributed by atoms with Gasteiger partial charge in [-0.25, -0.2) is 4.98 Å². The number of rotatable bonds is 8. The van der Waals surface area contributed by atoms with Gasteiger partial charge in [-0.2, -0.15) is 0 Å². The maximum absolute atomic E-state index is 11.6. The smallest absolute Gasteiger partial charge is 0.225 e. The van der Waals surface area contributed by atoms with Gasteiger partial charge in [0.25, 0.3) is 0 Å². The summed E-state index contributed by atoms with van der Waals surface area (Å²) in [5.41, 5.74) is 0. The third kappa shape index (κ3) is 6.72. The van der Waals surface area contributed by atoms with Crippen LogP contribution in [0.2, 0.25) is 0 Å². The van der Waals surface area contributed by atoms with Crippen LogP contribution in [0.15, 0.2) is 24.4 Å². The molecule has 0 radical (unpaired) electrons. The molecule has 3 heteroatoms. The molecule has 0 saturated carbocycles. The summed E-state index contributed by atoms with van der Waals surface area (Å²) in [6, 6.07) is 5.51. The highest BCUT2D eigenvalue weighted by atomic mass is 16.1. The molecule has 1 rings (SSSR count). The number of carbonyl (C=O) groups excluding carboxylic acids is 1. The fourth-order valence-electron chi connectivity index (χ4n) is 1.71. The van der Waals surface area contributed by atoms with Crippen molar-refractivity contribution < 1.29 is 4.79 Å². The van der Waals surface area contributed by atoms with Crippen molar-refractivity contribution in [2.75, 3.05) is 5.32 Å². The van der Waals surface area contributed by atoms with E-state index in [-0.39, 0.29) is 5.91 Å². The molecule has 1 aromatic heterocycles. The first-order valence-electron chi connectivity index (χ1n) is 6.54. The number of nitrogens with zero attached hydrogens (tertiary/aromatic N) is 1. The zero-order chi connectivity index (χ0) is 12.3. The van der Waals surface area contributed by atoms with Gasteiger partial charge < -0.3 is 5.32 Å². The predicted octanol–water partition coefficient (Wildman–Crippen LogP) is 3.77. The lowest BCUT2D eigenvalue weighted by Gasteiger charge is -2.03. The van der Waals surface area contributed by atoms with Crippen molar-refractivity contribution in [1.82, 2.24) is 4.98 Å². The van der Waals surface area contributed by atoms with E-state index in [1.165, 1.54) is 25.7 Å². The van der Waals surface area contributed by atoms with Gasteiger partial charge in [-0.3, -0.25) is 4.79 Å². The summed E-state index contributed by atoms with van der Waals surface area (Å²) in [6.07, 6.45) is 9.50. The van der Waals surface area contributed by atoms with Crippen LogP contribution in [-0.4, -0.2) is 10.9 Å². The summed E-state index contributed by atoms with van der Waals surface area (Å²) in [7, 11) is 0. The average Bonchev–Trinajstić information content (AvgIpc) is 2.35. The van der Waals surface area contributed by atoms with Crippen LogP contribution in [0.25, 0.3) is 0 Å². The van der Waals surface area contributed by atoms with Gasteiger partial charge in [-0.15, -0.1) is 0 Å². The van der Waals surface area contributed by atoms with Crippen molar-refractivity contribution in [1.29, 1.82) is 0 Å². The van der Waals surface area contributed by atoms with Crippen LogP contribution in [0.5, 0.6) is 0 Å². The Balaban J connectivity index is 2.06. The lowest BCUT2D eigenvalue weighted by molar-refractivity contribution is -0.116. The van der Waals surface area contributed by atoms with Crippen molar-refractivity contribution in [2.45, 2.75) is 51.9 Å². The maximum Gasteiger partial charge on any atom is 0.225 e. The van der Waals surface area contributed by atoms with Crippen molar-refractivity contribution in [3.8, 4) is 0 Å². The second-order valence-corrected chi connectivity index (χ2v) is 4.28. The highest BCUT2D eigenvalue weighted by molar-refractivity contribution is 5.89. The Bertz CT molecular complexity index is 311. The molecule has 1 aromatic rings. The number of aromatic nitrogens is 1. The van der Waals surface area contributed by atoms with Gasteiger partial charge >= 0.3 is 0 Å². The normalized spacial score (nSPS) is 10.2. The van der Waals surface area contributed by atoms with E-state index >= 15 is 0 Å². The first-order chi connectivity index (χ1) is 8.33. The molecule has 17 heavy (non-hydrogen) atoms. The fraction of sp³-hybridized carbons (Fsp3) is 0.571. The Hall–Kier alpha value is -1.38. The Kier molecular flexibility index (Phi) is 7.03. The predicted molar refractivity (Wildman–Crippen MR) is 70.9 cm³/mol. The summed E-state index contributed by atoms with van der Waals surface area (Å²) >= 11 is 0. The van der Waals surface area contributed by atoms with Crippen LogP contribution in [-0.2, 0) is 4.79 Å². The van der Waals surface area contributed by atoms with Gasteiger partial charge in [0.2, 0.25) is 5.91 Å². The summed E-state index contributed by atoms with van der Waals surface area (Å²) in [5, 5.41) is 2.79. The Morgan fingerprint density at radius 2 is 1.94 bits per heavy atom. The molecule has 0 aliphatic rings. The lowest BCUT2D eigenvalue weighted by atomic mass is 10.1. The molecule has 0 aliphatic heterocycles. The van der Waals surface area contributed by atoms with Gasteiger partial charge in [0.1, 0.15) is 5.82 Å². The van der Waals surface area contributed by atoms with Crippen LogP contribution in [0.4, 0.5) is 5.82 Å². The topological polar surface area (TPSA) is 42.0 Å². The number of carbonyl (C=O) groups is 1. The van der Waals surface area contributed by atoms with E-state index in [1.807, 2.05) is 12.1 Å². The number of unbranched alkanes of at least 4 members (excludes halogenated alkanes) is 5. The molecule has 1 N–H and O–H groups in total. The first-order valence-corrected chi connectivity index (χ1v) is 6.54. The van der Waals surface area contributed by atoms with Gasteiger partial charge in [0, 0.05) is 12.6 Å². The largest absolute Gasteiger partial charge is 0.311 e. The number of amides is 1. The number of pyridine rings is 1. The summed E-state index contributed by atoms with van der Waals surface area (Å²) < 4.78 is 0. The quantitative estimate of drug-likeness (QED) is 0.696. The number of hydrogen-bond donors (Lipinski definition) is 1. The van der Waals surface area contributed by atoms with E-state index in [2.05, 4.69) is 17.2 Å². The van der Waals surface area contributed by atoms with Gasteiger partial charge in [-0.1, -0.05) is 45.1 Å². The molecule has 0 unspecified atom stereocenters. The van der Waals surface area contributed by atoms with E-state index in [0.29, 0.717) is 12.2 Å². The highest BCUT2D eigenvalue weighted by Gasteiger charge is 2.01. The van der Waals surface area contributed by atoms with E-state index < -0.39 is 0 Å². The Labute approximate surface area is 104 Å². The monoisotopic (exact) mass is 234 g/mol. The van der Waals surface area contributed by atoms with Crippen LogP contribution in [0.3, 0.4) is 0 Å². The van der Waals surface area contributed by atoms with E-state index in [4.69, 9.17) is 0 Å². The molecule has 94 valence electrons. The zero-order valence-electron chi connectivity index (χ0n) is 10.6. The molecule has 0 aromatic carbocycles. The molecule has 1 amide bonds. The van der Waals surface area contributed by atoms with Crippen molar-refractivity contribution in [3.05, 3.63) is 24.4 Å². The van der Waals surface area contributed by atoms with Crippen LogP contribution in [0.1, 0.15) is 51.9 Å². The Morgan fingerprint density at radius 1 is 1.18 bits per heavy atom. The van der Waals surface area contributed by atoms with Crippen LogP contribution < -0.4 is 5.32 Å². The first kappa shape index (κ1) is 13.7. The van der Waals surface area contributed by atoms with E-state index in [0.717, 1.165) is 12.8 Å². The minimum Gasteiger partial charge on any atom is -0.311 e. The molecule has 0 fully saturated rings. The van der Waals surface area contributed by atoms with Crippen molar-refractivity contribution in [3.63, 3.8) is 0 Å². The summed E-state index contributed by atoms with van der Waals surface area (Å²) in [6.45, 7) is 2.21. The fourth-order valence-corrected chi connectivity index (χ4v) is 1.71. The summed E-state index contributed by atoms with van der Waals surface area (Å²) in [4.78, 5) is 15.6. The third-order valence-electron chi connectivity index (χ3n) is 2.69. The molecule has 0 atom stereocenters. The molecule has 0 saturated heterocycles. The number of anilines is 1. The molecule has 0 aliphatic carbocycles. The molecule has 0 spiro atoms. The van der Waals surface area contributed by atoms with Gasteiger partial charge in [0.05, 0.1) is 0 Å². The van der Waals surface area contributed by atoms with E-state index in [9.17, 15) is 4.79 Å². The lowest BCUT2D eigenvalue weighted by Crippen LogP contribution is -2.11. The SMILES string of the molecule is CCCCCCCCC(=O)Nc1ccccn1. The molecule has 3 nitrogen and oxygen atoms in total. The van der Waals surface area contributed by atoms with Gasteiger partial charge in [-0.05, 0) is 18.6 Å². The summed E-state index contributed by atoms with van der Waals surface area (Å²) in [5.74, 6) is 0.711. The molecule has 1 heterocycles. The second kappa shape index (κ2) is 8.74. The average molecular weight is 234 g/mol. The van der Waals surface area contributed by atoms with E-state index in [1.54, 1.807) is 12.3 Å². The molecular formula is C14H22N2O. The highest BCUT2D eigenvalue weighted by Crippen LogP contribution is 2.08. The molecular weight excluding hydrogens is 212 g/mol. The molecule has 0 bridgehead atoms. The minimum atomic E-state index is 0.0687. The van der Waals surface area contributed by atoms with Crippen LogP contribution in [0, 0.1) is 0 Å². The zero-order valence-corrected chi connectivity index (χ0v) is 10.6. The Morgan fingerprint density at radius 3 is 2.65 bits per heavy atom. The minimum absolute atomic E-state index is 0.0687. The van der Waals surface area contributed by atoms with Crippen molar-refractivity contribution >= 4 is 11.7 Å². The number of hydrogen-bond acceptors (Lipinski definition) is 2. The van der Waals surface area contributed by atoms with Gasteiger partial charge in [0.15, 0.2) is 0 Å². The second-order valence-electron chi connectivity index (χ2n) is 4.28.